The van der Waals surface area contributed by atoms with Crippen molar-refractivity contribution in [1.82, 2.24) is 84.7 Å². The fourth-order valence-corrected chi connectivity index (χ4v) is 13.8. The summed E-state index contributed by atoms with van der Waals surface area (Å²) in [6, 6.07) is -4.35. The Morgan fingerprint density at radius 2 is 0.855 bits per heavy atom. The number of rotatable bonds is 59. The number of aliphatic hydroxyl groups excluding tert-OH is 5. The number of thioether (sulfide) groups is 1. The van der Waals surface area contributed by atoms with Gasteiger partial charge in [0.05, 0.1) is 68.8 Å². The van der Waals surface area contributed by atoms with E-state index in [-0.39, 0.29) is 80.0 Å². The van der Waals surface area contributed by atoms with E-state index < -0.39 is 273 Å². The van der Waals surface area contributed by atoms with E-state index in [0.717, 1.165) is 25.6 Å². The van der Waals surface area contributed by atoms with Crippen LogP contribution in [0.5, 0.6) is 11.5 Å². The van der Waals surface area contributed by atoms with E-state index in [1.807, 2.05) is 0 Å². The molecule has 131 heavy (non-hydrogen) atoms. The molecule has 0 aromatic heterocycles. The lowest BCUT2D eigenvalue weighted by molar-refractivity contribution is -0.142. The Morgan fingerprint density at radius 1 is 0.443 bits per heavy atom. The normalized spacial score (nSPS) is 16.0. The van der Waals surface area contributed by atoms with Gasteiger partial charge >= 0.3 is 17.9 Å². The highest BCUT2D eigenvalue weighted by atomic mass is 32.2. The lowest BCUT2D eigenvalue weighted by Gasteiger charge is -2.30. The molecule has 3 aromatic rings. The number of benzene rings is 3. The van der Waals surface area contributed by atoms with Crippen LogP contribution in [0.3, 0.4) is 0 Å². The molecule has 0 unspecified atom stereocenters. The van der Waals surface area contributed by atoms with E-state index in [4.69, 9.17) is 5.73 Å². The summed E-state index contributed by atoms with van der Waals surface area (Å²) in [5, 5.41) is 138. The Labute approximate surface area is 758 Å². The summed E-state index contributed by atoms with van der Waals surface area (Å²) in [6.45, 7) is 7.46. The first kappa shape index (κ1) is 111. The number of aliphatic carboxylic acids is 3. The van der Waals surface area contributed by atoms with Crippen LogP contribution in [0, 0.1) is 11.8 Å². The molecule has 1 fully saturated rings. The number of carbonyl (C=O) groups excluding carboxylic acids is 16. The van der Waals surface area contributed by atoms with Gasteiger partial charge in [-0.2, -0.15) is 0 Å². The minimum atomic E-state index is -2.23. The van der Waals surface area contributed by atoms with Crippen LogP contribution in [0.15, 0.2) is 78.9 Å². The third-order valence-corrected chi connectivity index (χ3v) is 21.4. The molecule has 46 nitrogen and oxygen atoms in total. The first-order chi connectivity index (χ1) is 61.8. The van der Waals surface area contributed by atoms with Crippen LogP contribution < -0.4 is 85.5 Å². The number of nitrogens with one attached hydrogen (secondary N) is 15. The summed E-state index contributed by atoms with van der Waals surface area (Å²) in [4.78, 5) is 258. The Kier molecular flexibility index (Phi) is 47.9. The quantitative estimate of drug-likeness (QED) is 0.0234. The molecule has 1 saturated heterocycles. The smallest absolute Gasteiger partial charge is 0.305 e. The second-order valence-corrected chi connectivity index (χ2v) is 33.0. The molecule has 0 radical (unpaired) electrons. The largest absolute Gasteiger partial charge is 0.508 e. The van der Waals surface area contributed by atoms with Crippen molar-refractivity contribution in [3.8, 4) is 11.5 Å². The van der Waals surface area contributed by atoms with Gasteiger partial charge < -0.3 is 141 Å². The van der Waals surface area contributed by atoms with Crippen LogP contribution in [0.25, 0.3) is 0 Å². The van der Waals surface area contributed by atoms with Crippen molar-refractivity contribution >= 4 is 124 Å². The van der Waals surface area contributed by atoms with E-state index in [1.54, 1.807) is 45.9 Å². The molecule has 1 heterocycles. The topological polar surface area (TPSA) is 736 Å². The van der Waals surface area contributed by atoms with Crippen molar-refractivity contribution in [3.05, 3.63) is 95.6 Å². The van der Waals surface area contributed by atoms with Gasteiger partial charge in [-0.1, -0.05) is 95.1 Å². The highest BCUT2D eigenvalue weighted by Crippen LogP contribution is 2.19. The van der Waals surface area contributed by atoms with Gasteiger partial charge in [-0.05, 0) is 106 Å². The maximum absolute atomic E-state index is 14.7. The van der Waals surface area contributed by atoms with Gasteiger partial charge in [0.2, 0.25) is 94.5 Å². The van der Waals surface area contributed by atoms with E-state index in [1.165, 1.54) is 72.5 Å². The van der Waals surface area contributed by atoms with Gasteiger partial charge in [0, 0.05) is 51.4 Å². The van der Waals surface area contributed by atoms with Gasteiger partial charge in [-0.25, -0.2) is 0 Å². The van der Waals surface area contributed by atoms with Gasteiger partial charge in [-0.15, -0.1) is 11.8 Å². The van der Waals surface area contributed by atoms with Crippen LogP contribution in [-0.2, 0) is 110 Å². The molecule has 47 heteroatoms. The second kappa shape index (κ2) is 56.7. The average Bonchev–Trinajstić information content (AvgIpc) is 1.67. The molecular formula is C84H123N17O29S. The van der Waals surface area contributed by atoms with E-state index in [9.17, 15) is 142 Å². The average molecular weight is 1870 g/mol. The molecule has 0 bridgehead atoms. The van der Waals surface area contributed by atoms with Crippen LogP contribution in [0.2, 0.25) is 0 Å². The third kappa shape index (κ3) is 40.5. The standard InChI is InChI=1S/C84H123N17O29S/c1-8-44(4)70(82(128)94-57(33-50-19-23-52(107)24-20-50)76(122)90-55(30-43(2)3)75(121)92-59(35-68(115)116)74(120)88-45(5)14-12-13-27-85)99-81(127)62(40-103)96-77(123)56(32-49-17-21-51(106)22-18-49)91-78(124)60(36-69(117)118)93-80(126)61(39-102)97-84(130)72(47(7)105)100-79(125)58(31-48-15-10-9-11-16-48)95-83(129)71(46(6)104)98-63(109)37-87-73(119)54(25-26-67(113)114)89-65(111)42-131-41-64(110)86-28-29-101-38-53(108)34-66(101)112/h9-11,15-24,43-47,53-62,70-72,102-108H,8,12-14,25-42,85H2,1-7H3,(H,86,110)(H,87,119)(H,88,120)(H,89,111)(H,90,122)(H,91,124)(H,92,121)(H,93,126)(H,94,128)(H,95,129)(H,96,123)(H,97,130)(H,98,109)(H,99,127)(H,100,125)(H,113,114)(H,115,116)(H,117,118)/t44-,45+,46+,47+,53-,54-,55-,56-,57-,58-,59-,60-,61-,62-,70-,71-,72-/m0/s1. The summed E-state index contributed by atoms with van der Waals surface area (Å²) >= 11 is 0.822. The molecule has 3 aromatic carbocycles. The lowest BCUT2D eigenvalue weighted by atomic mass is 9.96. The van der Waals surface area contributed by atoms with Crippen molar-refractivity contribution in [2.75, 3.05) is 57.4 Å². The zero-order chi connectivity index (χ0) is 97.9. The Morgan fingerprint density at radius 3 is 1.32 bits per heavy atom. The number of carboxylic acids is 3. The number of nitrogens with two attached hydrogens (primary N) is 1. The molecule has 0 aliphatic carbocycles. The molecular weight excluding hydrogens is 1740 g/mol. The number of phenols is 2. The SMILES string of the molecule is CC[C@H](C)[C@H](NC(=O)[C@H](CO)NC(=O)[C@H](Cc1ccc(O)cc1)NC(=O)[C@H](CC(=O)O)NC(=O)[C@H](CO)NC(=O)[C@@H](NC(=O)[C@H](Cc1ccccc1)NC(=O)[C@@H](NC(=O)CNC(=O)[C@H](CCC(=O)O)NC(=O)CSCC(=O)NCCN1C[C@@H](O)CC1=O)[C@@H](C)O)[C@@H](C)O)C(=O)N[C@@H](Cc1ccc(O)cc1)C(=O)N[C@@H](CC(C)C)C(=O)N[C@@H](CC(=O)O)C(=O)N[C@H](C)CCCCN. The van der Waals surface area contributed by atoms with Crippen molar-refractivity contribution in [2.24, 2.45) is 17.6 Å². The molecule has 724 valence electrons. The van der Waals surface area contributed by atoms with Gasteiger partial charge in [0.1, 0.15) is 84.0 Å². The fraction of sp³-hybridized carbons (Fsp3) is 0.560. The molecule has 0 saturated carbocycles. The number of unbranched alkanes of at least 4 members (excludes halogenated alkanes) is 1. The number of aromatic hydroxyl groups is 2. The number of hydrogen-bond donors (Lipinski definition) is 26. The zero-order valence-electron chi connectivity index (χ0n) is 73.6. The van der Waals surface area contributed by atoms with Crippen molar-refractivity contribution < 1.29 is 142 Å². The molecule has 27 N–H and O–H groups in total. The van der Waals surface area contributed by atoms with Crippen molar-refractivity contribution in [2.45, 2.75) is 229 Å². The number of carbonyl (C=O) groups is 19. The summed E-state index contributed by atoms with van der Waals surface area (Å²) in [6.07, 6.45) is -7.27. The Balaban J connectivity index is 1.53. The number of β-amino-alcohol motifs (C(OH)–C–C–N with tert-alkyl or cyclic N) is 1. The third-order valence-electron chi connectivity index (χ3n) is 20.4. The van der Waals surface area contributed by atoms with Crippen LogP contribution in [0.1, 0.15) is 129 Å². The summed E-state index contributed by atoms with van der Waals surface area (Å²) < 4.78 is 0. The lowest BCUT2D eigenvalue weighted by Crippen LogP contribution is -2.63. The molecule has 1 aliphatic heterocycles. The van der Waals surface area contributed by atoms with Crippen molar-refractivity contribution in [1.29, 1.82) is 0 Å². The van der Waals surface area contributed by atoms with Crippen LogP contribution >= 0.6 is 11.8 Å². The predicted octanol–water partition coefficient (Wildman–Crippen LogP) is -7.21. The summed E-state index contributed by atoms with van der Waals surface area (Å²) in [5.74, 6) is -23.9. The fourth-order valence-electron chi connectivity index (χ4n) is 13.1. The number of carboxylic acid groups (broad SMARTS) is 3. The highest BCUT2D eigenvalue weighted by Gasteiger charge is 2.41. The highest BCUT2D eigenvalue weighted by molar-refractivity contribution is 8.00. The Bertz CT molecular complexity index is 4380. The molecule has 16 amide bonds. The van der Waals surface area contributed by atoms with Crippen LogP contribution in [0.4, 0.5) is 0 Å². The summed E-state index contributed by atoms with van der Waals surface area (Å²) in [7, 11) is 0. The second-order valence-electron chi connectivity index (χ2n) is 32.0. The molecule has 17 atom stereocenters. The van der Waals surface area contributed by atoms with Crippen molar-refractivity contribution in [3.63, 3.8) is 0 Å². The number of amides is 16. The Hall–Kier alpha value is -12.7. The number of likely N-dealkylation sites (tertiary alicyclic amines) is 1. The van der Waals surface area contributed by atoms with E-state index in [0.29, 0.717) is 36.9 Å². The van der Waals surface area contributed by atoms with Gasteiger partial charge in [0.25, 0.3) is 0 Å². The number of nitrogens with zero attached hydrogens (tertiary/aromatic N) is 1. The first-order valence-electron chi connectivity index (χ1n) is 42.4. The number of phenolic OH excluding ortho intramolecular Hbond substituents is 2. The summed E-state index contributed by atoms with van der Waals surface area (Å²) in [5.41, 5.74) is 6.48. The maximum atomic E-state index is 14.7. The van der Waals surface area contributed by atoms with Gasteiger partial charge in [-0.3, -0.25) is 91.1 Å². The van der Waals surface area contributed by atoms with Gasteiger partial charge in [0.15, 0.2) is 0 Å². The molecule has 1 aliphatic rings. The van der Waals surface area contributed by atoms with Crippen LogP contribution in [-0.4, -0.2) is 323 Å². The predicted molar refractivity (Wildman–Crippen MR) is 466 cm³/mol. The minimum absolute atomic E-state index is 0.0398. The molecule has 4 rings (SSSR count). The molecule has 0 spiro atoms. The zero-order valence-corrected chi connectivity index (χ0v) is 74.4. The van der Waals surface area contributed by atoms with E-state index in [2.05, 4.69) is 79.8 Å². The maximum Gasteiger partial charge on any atom is 0.305 e. The van der Waals surface area contributed by atoms with E-state index >= 15 is 0 Å². The number of hydrogen-bond acceptors (Lipinski definition) is 28. The minimum Gasteiger partial charge on any atom is -0.508 e. The first-order valence-corrected chi connectivity index (χ1v) is 43.5. The number of aliphatic hydroxyl groups is 5. The monoisotopic (exact) mass is 1870 g/mol.